The van der Waals surface area contributed by atoms with E-state index in [1.807, 2.05) is 12.1 Å². The molecule has 1 aromatic carbocycles. The van der Waals surface area contributed by atoms with Crippen LogP contribution in [0.5, 0.6) is 0 Å². The van der Waals surface area contributed by atoms with Crippen LogP contribution in [0.15, 0.2) is 18.2 Å². The fraction of sp³-hybridized carbons (Fsp3) is 0.500. The molecule has 4 nitrogen and oxygen atoms in total. The van der Waals surface area contributed by atoms with E-state index in [1.165, 1.54) is 11.1 Å². The largest absolute Gasteiger partial charge is 0.381 e. The third kappa shape index (κ3) is 2.26. The van der Waals surface area contributed by atoms with Gasteiger partial charge in [0.1, 0.15) is 0 Å². The monoisotopic (exact) mass is 246 g/mol. The maximum atomic E-state index is 12.1. The number of hydrogen-bond donors (Lipinski definition) is 2. The highest BCUT2D eigenvalue weighted by molar-refractivity contribution is 5.93. The number of carbonyl (C=O) groups is 1. The molecular weight excluding hydrogens is 228 g/mol. The minimum atomic E-state index is 0.0115. The maximum absolute atomic E-state index is 12.1. The first-order valence-electron chi connectivity index (χ1n) is 6.54. The summed E-state index contributed by atoms with van der Waals surface area (Å²) in [6.07, 6.45) is 1.87. The summed E-state index contributed by atoms with van der Waals surface area (Å²) in [6.45, 7) is 3.11. The van der Waals surface area contributed by atoms with Crippen molar-refractivity contribution < 1.29 is 9.53 Å². The average Bonchev–Trinajstić information content (AvgIpc) is 2.93. The van der Waals surface area contributed by atoms with E-state index >= 15 is 0 Å². The number of hydrogen-bond acceptors (Lipinski definition) is 3. The Morgan fingerprint density at radius 1 is 1.44 bits per heavy atom. The third-order valence-electron chi connectivity index (χ3n) is 3.70. The summed E-state index contributed by atoms with van der Waals surface area (Å²) in [6, 6.07) is 6.15. The Kier molecular flexibility index (Phi) is 3.30. The van der Waals surface area contributed by atoms with Crippen LogP contribution < -0.4 is 10.6 Å². The molecule has 0 aromatic heterocycles. The van der Waals surface area contributed by atoms with Gasteiger partial charge in [-0.25, -0.2) is 0 Å². The summed E-state index contributed by atoms with van der Waals surface area (Å²) in [5.74, 6) is 0.101. The van der Waals surface area contributed by atoms with E-state index in [0.717, 1.165) is 31.6 Å². The van der Waals surface area contributed by atoms with Gasteiger partial charge >= 0.3 is 0 Å². The number of carbonyl (C=O) groups excluding carboxylic acids is 1. The molecule has 3 rings (SSSR count). The SMILES string of the molecule is O=C(Nc1cccc2c1CNCC2)C1CCOC1. The minimum Gasteiger partial charge on any atom is -0.381 e. The quantitative estimate of drug-likeness (QED) is 0.827. The third-order valence-corrected chi connectivity index (χ3v) is 3.70. The van der Waals surface area contributed by atoms with Crippen molar-refractivity contribution in [3.8, 4) is 0 Å². The number of anilines is 1. The fourth-order valence-corrected chi connectivity index (χ4v) is 2.61. The van der Waals surface area contributed by atoms with Crippen LogP contribution >= 0.6 is 0 Å². The van der Waals surface area contributed by atoms with Crippen molar-refractivity contribution >= 4 is 11.6 Å². The summed E-state index contributed by atoms with van der Waals surface area (Å²) in [5, 5.41) is 6.40. The second-order valence-corrected chi connectivity index (χ2v) is 4.92. The van der Waals surface area contributed by atoms with Gasteiger partial charge in [0.05, 0.1) is 12.5 Å². The Labute approximate surface area is 107 Å². The molecule has 2 N–H and O–H groups in total. The molecule has 0 bridgehead atoms. The van der Waals surface area contributed by atoms with E-state index in [2.05, 4.69) is 16.7 Å². The van der Waals surface area contributed by atoms with Crippen LogP contribution in [0.2, 0.25) is 0 Å². The molecular formula is C14H18N2O2. The van der Waals surface area contributed by atoms with Gasteiger partial charge in [0.15, 0.2) is 0 Å². The van der Waals surface area contributed by atoms with E-state index in [1.54, 1.807) is 0 Å². The summed E-state index contributed by atoms with van der Waals surface area (Å²) >= 11 is 0. The van der Waals surface area contributed by atoms with Crippen molar-refractivity contribution in [1.29, 1.82) is 0 Å². The van der Waals surface area contributed by atoms with Gasteiger partial charge < -0.3 is 15.4 Å². The molecule has 96 valence electrons. The van der Waals surface area contributed by atoms with E-state index < -0.39 is 0 Å². The van der Waals surface area contributed by atoms with Crippen LogP contribution in [0.3, 0.4) is 0 Å². The Morgan fingerprint density at radius 3 is 3.22 bits per heavy atom. The average molecular weight is 246 g/mol. The van der Waals surface area contributed by atoms with Gasteiger partial charge in [-0.3, -0.25) is 4.79 Å². The van der Waals surface area contributed by atoms with Crippen molar-refractivity contribution in [2.24, 2.45) is 5.92 Å². The molecule has 1 unspecified atom stereocenters. The lowest BCUT2D eigenvalue weighted by atomic mass is 9.99. The van der Waals surface area contributed by atoms with Gasteiger partial charge in [0.2, 0.25) is 5.91 Å². The molecule has 0 saturated carbocycles. The Hall–Kier alpha value is -1.39. The molecule has 2 heterocycles. The fourth-order valence-electron chi connectivity index (χ4n) is 2.61. The highest BCUT2D eigenvalue weighted by Crippen LogP contribution is 2.24. The van der Waals surface area contributed by atoms with Gasteiger partial charge in [0.25, 0.3) is 0 Å². The lowest BCUT2D eigenvalue weighted by Crippen LogP contribution is -2.27. The first kappa shape index (κ1) is 11.7. The molecule has 4 heteroatoms. The van der Waals surface area contributed by atoms with Crippen molar-refractivity contribution in [2.75, 3.05) is 25.1 Å². The number of ether oxygens (including phenoxy) is 1. The molecule has 0 aliphatic carbocycles. The predicted molar refractivity (Wildman–Crippen MR) is 69.4 cm³/mol. The zero-order chi connectivity index (χ0) is 12.4. The number of fused-ring (bicyclic) bond motifs is 1. The van der Waals surface area contributed by atoms with Gasteiger partial charge in [-0.05, 0) is 36.6 Å². The van der Waals surface area contributed by atoms with Gasteiger partial charge in [-0.2, -0.15) is 0 Å². The molecule has 1 fully saturated rings. The molecule has 1 saturated heterocycles. The van der Waals surface area contributed by atoms with Crippen LogP contribution in [0.25, 0.3) is 0 Å². The number of nitrogens with one attached hydrogen (secondary N) is 2. The first-order valence-corrected chi connectivity index (χ1v) is 6.54. The van der Waals surface area contributed by atoms with E-state index in [0.29, 0.717) is 13.2 Å². The highest BCUT2D eigenvalue weighted by atomic mass is 16.5. The van der Waals surface area contributed by atoms with Crippen molar-refractivity contribution in [1.82, 2.24) is 5.32 Å². The maximum Gasteiger partial charge on any atom is 0.229 e. The lowest BCUT2D eigenvalue weighted by molar-refractivity contribution is -0.119. The summed E-state index contributed by atoms with van der Waals surface area (Å²) in [4.78, 5) is 12.1. The van der Waals surface area contributed by atoms with Gasteiger partial charge in [0, 0.05) is 18.8 Å². The topological polar surface area (TPSA) is 50.4 Å². The minimum absolute atomic E-state index is 0.0115. The van der Waals surface area contributed by atoms with Crippen molar-refractivity contribution in [3.05, 3.63) is 29.3 Å². The van der Waals surface area contributed by atoms with E-state index in [4.69, 9.17) is 4.74 Å². The molecule has 18 heavy (non-hydrogen) atoms. The van der Waals surface area contributed by atoms with E-state index in [9.17, 15) is 4.79 Å². The second-order valence-electron chi connectivity index (χ2n) is 4.92. The second kappa shape index (κ2) is 5.08. The van der Waals surface area contributed by atoms with Gasteiger partial charge in [-0.15, -0.1) is 0 Å². The van der Waals surface area contributed by atoms with Crippen LogP contribution in [0, 0.1) is 5.92 Å². The van der Waals surface area contributed by atoms with E-state index in [-0.39, 0.29) is 11.8 Å². The smallest absolute Gasteiger partial charge is 0.229 e. The van der Waals surface area contributed by atoms with Crippen LogP contribution in [0.4, 0.5) is 5.69 Å². The predicted octanol–water partition coefficient (Wildman–Crippen LogP) is 1.31. The van der Waals surface area contributed by atoms with Gasteiger partial charge in [-0.1, -0.05) is 12.1 Å². The Balaban J connectivity index is 1.77. The highest BCUT2D eigenvalue weighted by Gasteiger charge is 2.24. The summed E-state index contributed by atoms with van der Waals surface area (Å²) in [7, 11) is 0. The Morgan fingerprint density at radius 2 is 2.39 bits per heavy atom. The lowest BCUT2D eigenvalue weighted by Gasteiger charge is -2.21. The molecule has 1 amide bonds. The molecule has 2 aliphatic rings. The zero-order valence-corrected chi connectivity index (χ0v) is 10.4. The molecule has 1 aromatic rings. The van der Waals surface area contributed by atoms with Crippen LogP contribution in [-0.4, -0.2) is 25.7 Å². The normalized spacial score (nSPS) is 22.6. The summed E-state index contributed by atoms with van der Waals surface area (Å²) in [5.41, 5.74) is 3.53. The van der Waals surface area contributed by atoms with Crippen LogP contribution in [-0.2, 0) is 22.5 Å². The molecule has 0 spiro atoms. The number of benzene rings is 1. The van der Waals surface area contributed by atoms with Crippen molar-refractivity contribution in [3.63, 3.8) is 0 Å². The van der Waals surface area contributed by atoms with Crippen molar-refractivity contribution in [2.45, 2.75) is 19.4 Å². The van der Waals surface area contributed by atoms with Crippen LogP contribution in [0.1, 0.15) is 17.5 Å². The molecule has 2 aliphatic heterocycles. The Bertz CT molecular complexity index is 453. The first-order chi connectivity index (χ1) is 8.84. The number of amides is 1. The standard InChI is InChI=1S/C14H18N2O2/c17-14(11-5-7-18-9-11)16-13-3-1-2-10-4-6-15-8-12(10)13/h1-3,11,15H,4-9H2,(H,16,17). The number of rotatable bonds is 2. The summed E-state index contributed by atoms with van der Waals surface area (Å²) < 4.78 is 5.26. The zero-order valence-electron chi connectivity index (χ0n) is 10.4. The molecule has 0 radical (unpaired) electrons. The molecule has 1 atom stereocenters.